The van der Waals surface area contributed by atoms with Gasteiger partial charge in [0.25, 0.3) is 0 Å². The number of carbonyl (C=O) groups is 1. The largest absolute Gasteiger partial charge is 0.315 e. The Labute approximate surface area is 92.2 Å². The van der Waals surface area contributed by atoms with Crippen LogP contribution in [0.15, 0.2) is 0 Å². The molecule has 2 rings (SSSR count). The van der Waals surface area contributed by atoms with Gasteiger partial charge in [0.15, 0.2) is 0 Å². The Bertz CT molecular complexity index is 224. The Balaban J connectivity index is 1.87. The standard InChI is InChI=1S/C12H22N2O/c1-9(2)3-4-14-7-10-5-13-6-11(8-14)12(10)15/h9-11,13H,3-8H2,1-2H3. The summed E-state index contributed by atoms with van der Waals surface area (Å²) in [5, 5.41) is 3.36. The predicted octanol–water partition coefficient (Wildman–Crippen LogP) is 0.753. The number of nitrogens with zero attached hydrogens (tertiary/aromatic N) is 1. The summed E-state index contributed by atoms with van der Waals surface area (Å²) in [7, 11) is 0. The summed E-state index contributed by atoms with van der Waals surface area (Å²) in [5.41, 5.74) is 0. The van der Waals surface area contributed by atoms with Crippen molar-refractivity contribution in [3.8, 4) is 0 Å². The molecule has 3 nitrogen and oxygen atoms in total. The molecule has 2 saturated heterocycles. The number of nitrogens with one attached hydrogen (secondary N) is 1. The summed E-state index contributed by atoms with van der Waals surface area (Å²) in [6.07, 6.45) is 1.25. The van der Waals surface area contributed by atoms with E-state index in [0.717, 1.165) is 38.6 Å². The molecule has 2 bridgehead atoms. The minimum Gasteiger partial charge on any atom is -0.315 e. The van der Waals surface area contributed by atoms with Crippen molar-refractivity contribution in [3.63, 3.8) is 0 Å². The third kappa shape index (κ3) is 2.58. The molecule has 2 unspecified atom stereocenters. The van der Waals surface area contributed by atoms with E-state index in [2.05, 4.69) is 24.1 Å². The third-order valence-corrected chi connectivity index (χ3v) is 3.57. The first-order valence-corrected chi connectivity index (χ1v) is 6.13. The van der Waals surface area contributed by atoms with Crippen molar-refractivity contribution >= 4 is 5.78 Å². The Hall–Kier alpha value is -0.410. The molecule has 15 heavy (non-hydrogen) atoms. The van der Waals surface area contributed by atoms with Gasteiger partial charge < -0.3 is 10.2 Å². The van der Waals surface area contributed by atoms with Gasteiger partial charge in [-0.25, -0.2) is 0 Å². The van der Waals surface area contributed by atoms with Gasteiger partial charge in [-0.05, 0) is 18.9 Å². The van der Waals surface area contributed by atoms with Crippen molar-refractivity contribution in [2.75, 3.05) is 32.7 Å². The van der Waals surface area contributed by atoms with E-state index in [4.69, 9.17) is 0 Å². The number of rotatable bonds is 3. The maximum atomic E-state index is 11.8. The first-order chi connectivity index (χ1) is 7.16. The molecule has 0 spiro atoms. The number of ketones is 1. The second kappa shape index (κ2) is 4.62. The van der Waals surface area contributed by atoms with Crippen LogP contribution in [0.4, 0.5) is 0 Å². The zero-order chi connectivity index (χ0) is 10.8. The van der Waals surface area contributed by atoms with E-state index >= 15 is 0 Å². The minimum atomic E-state index is 0.268. The third-order valence-electron chi connectivity index (χ3n) is 3.57. The number of fused-ring (bicyclic) bond motifs is 2. The number of hydrogen-bond acceptors (Lipinski definition) is 3. The smallest absolute Gasteiger partial charge is 0.144 e. The second-order valence-corrected chi connectivity index (χ2v) is 5.40. The summed E-state index contributed by atoms with van der Waals surface area (Å²) in [6, 6.07) is 0. The molecule has 0 saturated carbocycles. The molecule has 2 aliphatic heterocycles. The number of likely N-dealkylation sites (tertiary alicyclic amines) is 1. The molecule has 3 heteroatoms. The number of carbonyl (C=O) groups excluding carboxylic acids is 1. The number of piperidine rings is 2. The summed E-state index contributed by atoms with van der Waals surface area (Å²) in [4.78, 5) is 14.3. The van der Waals surface area contributed by atoms with E-state index in [9.17, 15) is 4.79 Å². The summed E-state index contributed by atoms with van der Waals surface area (Å²) >= 11 is 0. The normalized spacial score (nSPS) is 32.3. The van der Waals surface area contributed by atoms with Crippen molar-refractivity contribution in [1.29, 1.82) is 0 Å². The van der Waals surface area contributed by atoms with E-state index in [1.165, 1.54) is 6.42 Å². The fraction of sp³-hybridized carbons (Fsp3) is 0.917. The van der Waals surface area contributed by atoms with Crippen molar-refractivity contribution in [2.45, 2.75) is 20.3 Å². The van der Waals surface area contributed by atoms with Crippen LogP contribution >= 0.6 is 0 Å². The summed E-state index contributed by atoms with van der Waals surface area (Å²) in [6.45, 7) is 9.44. The number of hydrogen-bond donors (Lipinski definition) is 1. The summed E-state index contributed by atoms with van der Waals surface area (Å²) < 4.78 is 0. The fourth-order valence-electron chi connectivity index (χ4n) is 2.60. The topological polar surface area (TPSA) is 32.3 Å². The molecule has 1 N–H and O–H groups in total. The molecule has 0 radical (unpaired) electrons. The van der Waals surface area contributed by atoms with E-state index in [1.807, 2.05) is 0 Å². The van der Waals surface area contributed by atoms with Gasteiger partial charge in [0, 0.05) is 38.0 Å². The summed E-state index contributed by atoms with van der Waals surface area (Å²) in [5.74, 6) is 1.81. The van der Waals surface area contributed by atoms with Crippen LogP contribution in [0.3, 0.4) is 0 Å². The lowest BCUT2D eigenvalue weighted by atomic mass is 9.84. The second-order valence-electron chi connectivity index (χ2n) is 5.40. The SMILES string of the molecule is CC(C)CCN1CC2CNCC(C1)C2=O. The highest BCUT2D eigenvalue weighted by atomic mass is 16.1. The minimum absolute atomic E-state index is 0.268. The van der Waals surface area contributed by atoms with E-state index in [-0.39, 0.29) is 11.8 Å². The molecule has 0 amide bonds. The van der Waals surface area contributed by atoms with Crippen LogP contribution in [-0.2, 0) is 4.79 Å². The molecule has 0 aromatic heterocycles. The van der Waals surface area contributed by atoms with Gasteiger partial charge in [0.1, 0.15) is 5.78 Å². The Morgan fingerprint density at radius 1 is 1.33 bits per heavy atom. The Kier molecular flexibility index (Phi) is 3.42. The lowest BCUT2D eigenvalue weighted by Gasteiger charge is -2.40. The van der Waals surface area contributed by atoms with E-state index in [1.54, 1.807) is 0 Å². The van der Waals surface area contributed by atoms with Crippen LogP contribution in [-0.4, -0.2) is 43.4 Å². The van der Waals surface area contributed by atoms with Crippen LogP contribution < -0.4 is 5.32 Å². The van der Waals surface area contributed by atoms with Crippen molar-refractivity contribution < 1.29 is 4.79 Å². The molecular weight excluding hydrogens is 188 g/mol. The van der Waals surface area contributed by atoms with Gasteiger partial charge in [-0.2, -0.15) is 0 Å². The van der Waals surface area contributed by atoms with Gasteiger partial charge in [-0.15, -0.1) is 0 Å². The first-order valence-electron chi connectivity index (χ1n) is 6.13. The molecule has 86 valence electrons. The maximum Gasteiger partial charge on any atom is 0.144 e. The van der Waals surface area contributed by atoms with Gasteiger partial charge in [0.2, 0.25) is 0 Å². The number of Topliss-reactive ketones (excluding diaryl/α,β-unsaturated/α-hetero) is 1. The Morgan fingerprint density at radius 2 is 1.93 bits per heavy atom. The molecule has 2 heterocycles. The molecule has 0 aliphatic carbocycles. The average Bonchev–Trinajstić information content (AvgIpc) is 2.15. The highest BCUT2D eigenvalue weighted by Crippen LogP contribution is 2.21. The highest BCUT2D eigenvalue weighted by molar-refractivity contribution is 5.85. The zero-order valence-electron chi connectivity index (χ0n) is 9.83. The fourth-order valence-corrected chi connectivity index (χ4v) is 2.60. The van der Waals surface area contributed by atoms with Crippen LogP contribution in [0.25, 0.3) is 0 Å². The van der Waals surface area contributed by atoms with Crippen molar-refractivity contribution in [1.82, 2.24) is 10.2 Å². The van der Waals surface area contributed by atoms with Crippen molar-refractivity contribution in [3.05, 3.63) is 0 Å². The van der Waals surface area contributed by atoms with E-state index in [0.29, 0.717) is 5.78 Å². The van der Waals surface area contributed by atoms with Gasteiger partial charge in [-0.1, -0.05) is 13.8 Å². The van der Waals surface area contributed by atoms with Gasteiger partial charge in [0.05, 0.1) is 0 Å². The highest BCUT2D eigenvalue weighted by Gasteiger charge is 2.37. The van der Waals surface area contributed by atoms with Crippen LogP contribution in [0.1, 0.15) is 20.3 Å². The van der Waals surface area contributed by atoms with E-state index < -0.39 is 0 Å². The quantitative estimate of drug-likeness (QED) is 0.746. The molecule has 0 aromatic rings. The predicted molar refractivity (Wildman–Crippen MR) is 60.8 cm³/mol. The van der Waals surface area contributed by atoms with Gasteiger partial charge in [-0.3, -0.25) is 4.79 Å². The maximum absolute atomic E-state index is 11.8. The molecular formula is C12H22N2O. The lowest BCUT2D eigenvalue weighted by molar-refractivity contribution is -0.133. The average molecular weight is 210 g/mol. The zero-order valence-corrected chi connectivity index (χ0v) is 9.83. The van der Waals surface area contributed by atoms with Crippen molar-refractivity contribution in [2.24, 2.45) is 17.8 Å². The van der Waals surface area contributed by atoms with Gasteiger partial charge >= 0.3 is 0 Å². The molecule has 0 aromatic carbocycles. The van der Waals surface area contributed by atoms with Crippen LogP contribution in [0.2, 0.25) is 0 Å². The molecule has 2 aliphatic rings. The van der Waals surface area contributed by atoms with Crippen LogP contribution in [0, 0.1) is 17.8 Å². The van der Waals surface area contributed by atoms with Crippen LogP contribution in [0.5, 0.6) is 0 Å². The molecule has 2 atom stereocenters. The first kappa shape index (κ1) is 11.1. The monoisotopic (exact) mass is 210 g/mol. The molecule has 2 fully saturated rings. The lowest BCUT2D eigenvalue weighted by Crippen LogP contribution is -2.57. The Morgan fingerprint density at radius 3 is 2.47 bits per heavy atom.